The minimum atomic E-state index is -0.907. The lowest BCUT2D eigenvalue weighted by atomic mass is 10.1. The molecule has 0 unspecified atom stereocenters. The number of halogens is 2. The third kappa shape index (κ3) is 5.30. The van der Waals surface area contributed by atoms with Crippen molar-refractivity contribution >= 4 is 28.3 Å². The summed E-state index contributed by atoms with van der Waals surface area (Å²) in [5.41, 5.74) is -0.784. The number of nitrogens with zero attached hydrogens (tertiary/aromatic N) is 2. The van der Waals surface area contributed by atoms with Crippen molar-refractivity contribution < 1.29 is 23.1 Å². The highest BCUT2D eigenvalue weighted by Gasteiger charge is 2.19. The second-order valence-electron chi connectivity index (χ2n) is 6.88. The molecule has 0 aliphatic carbocycles. The predicted octanol–water partition coefficient (Wildman–Crippen LogP) is 3.66. The highest BCUT2D eigenvalue weighted by atomic mass is 19.1. The van der Waals surface area contributed by atoms with Crippen molar-refractivity contribution in [3.63, 3.8) is 0 Å². The SMILES string of the molecule is CCCCCn1nc(C(=O)OCC(=O)Nc2cc(F)ccc2F)c2ccccc2c1=O. The first kappa shape index (κ1) is 22.1. The van der Waals surface area contributed by atoms with Gasteiger partial charge in [-0.25, -0.2) is 18.3 Å². The molecule has 7 nitrogen and oxygen atoms in total. The quantitative estimate of drug-likeness (QED) is 0.436. The molecule has 9 heteroatoms. The van der Waals surface area contributed by atoms with E-state index in [4.69, 9.17) is 4.74 Å². The molecule has 0 bridgehead atoms. The van der Waals surface area contributed by atoms with Gasteiger partial charge in [-0.1, -0.05) is 38.0 Å². The van der Waals surface area contributed by atoms with Crippen LogP contribution in [0, 0.1) is 11.6 Å². The summed E-state index contributed by atoms with van der Waals surface area (Å²) in [7, 11) is 0. The lowest BCUT2D eigenvalue weighted by Crippen LogP contribution is -2.28. The predicted molar refractivity (Wildman–Crippen MR) is 111 cm³/mol. The van der Waals surface area contributed by atoms with Crippen LogP contribution in [0.5, 0.6) is 0 Å². The summed E-state index contributed by atoms with van der Waals surface area (Å²) in [6.07, 6.45) is 2.58. The Balaban J connectivity index is 1.78. The number of amides is 1. The average molecular weight is 429 g/mol. The number of rotatable bonds is 8. The molecule has 1 amide bonds. The normalized spacial score (nSPS) is 10.8. The number of hydrogen-bond acceptors (Lipinski definition) is 5. The Kier molecular flexibility index (Phi) is 7.07. The van der Waals surface area contributed by atoms with Crippen LogP contribution in [0.3, 0.4) is 0 Å². The number of carbonyl (C=O) groups excluding carboxylic acids is 2. The maximum Gasteiger partial charge on any atom is 0.359 e. The molecule has 0 radical (unpaired) electrons. The molecule has 1 heterocycles. The van der Waals surface area contributed by atoms with Gasteiger partial charge in [0.1, 0.15) is 11.6 Å². The smallest absolute Gasteiger partial charge is 0.359 e. The first-order valence-electron chi connectivity index (χ1n) is 9.82. The van der Waals surface area contributed by atoms with E-state index in [1.165, 1.54) is 4.68 Å². The Hall–Kier alpha value is -3.62. The van der Waals surface area contributed by atoms with E-state index in [9.17, 15) is 23.2 Å². The minimum Gasteiger partial charge on any atom is -0.451 e. The van der Waals surface area contributed by atoms with E-state index in [2.05, 4.69) is 10.4 Å². The molecule has 1 aromatic heterocycles. The van der Waals surface area contributed by atoms with E-state index in [1.807, 2.05) is 6.92 Å². The molecule has 0 fully saturated rings. The van der Waals surface area contributed by atoms with Gasteiger partial charge in [-0.2, -0.15) is 5.10 Å². The fourth-order valence-electron chi connectivity index (χ4n) is 3.03. The number of aromatic nitrogens is 2. The molecule has 0 saturated heterocycles. The van der Waals surface area contributed by atoms with Gasteiger partial charge in [0.25, 0.3) is 11.5 Å². The maximum absolute atomic E-state index is 13.6. The number of nitrogens with one attached hydrogen (secondary N) is 1. The molecule has 162 valence electrons. The minimum absolute atomic E-state index is 0.101. The molecule has 0 aliphatic rings. The second kappa shape index (κ2) is 9.92. The molecular weight excluding hydrogens is 408 g/mol. The van der Waals surface area contributed by atoms with Gasteiger partial charge < -0.3 is 10.1 Å². The number of fused-ring (bicyclic) bond motifs is 1. The highest BCUT2D eigenvalue weighted by Crippen LogP contribution is 2.16. The number of ether oxygens (including phenoxy) is 1. The number of unbranched alkanes of at least 4 members (excludes halogenated alkanes) is 2. The highest BCUT2D eigenvalue weighted by molar-refractivity contribution is 6.03. The first-order valence-corrected chi connectivity index (χ1v) is 9.82. The second-order valence-corrected chi connectivity index (χ2v) is 6.88. The van der Waals surface area contributed by atoms with Crippen molar-refractivity contribution in [1.29, 1.82) is 0 Å². The van der Waals surface area contributed by atoms with Gasteiger partial charge in [0.15, 0.2) is 12.3 Å². The van der Waals surface area contributed by atoms with E-state index >= 15 is 0 Å². The average Bonchev–Trinajstić information content (AvgIpc) is 2.76. The van der Waals surface area contributed by atoms with Gasteiger partial charge in [-0.05, 0) is 24.6 Å². The summed E-state index contributed by atoms with van der Waals surface area (Å²) in [5.74, 6) is -3.31. The van der Waals surface area contributed by atoms with Crippen LogP contribution in [0.1, 0.15) is 36.7 Å². The van der Waals surface area contributed by atoms with Crippen molar-refractivity contribution in [2.45, 2.75) is 32.7 Å². The van der Waals surface area contributed by atoms with Crippen molar-refractivity contribution in [2.24, 2.45) is 0 Å². The Morgan fingerprint density at radius 3 is 2.58 bits per heavy atom. The van der Waals surface area contributed by atoms with Gasteiger partial charge in [0.2, 0.25) is 0 Å². The number of esters is 1. The van der Waals surface area contributed by atoms with Crippen molar-refractivity contribution in [3.8, 4) is 0 Å². The molecule has 0 saturated carbocycles. The molecule has 0 spiro atoms. The third-order valence-electron chi connectivity index (χ3n) is 4.57. The number of aryl methyl sites for hydroxylation is 1. The number of anilines is 1. The molecular formula is C22H21F2N3O4. The van der Waals surface area contributed by atoms with Crippen LogP contribution < -0.4 is 10.9 Å². The van der Waals surface area contributed by atoms with Crippen LogP contribution >= 0.6 is 0 Å². The summed E-state index contributed by atoms with van der Waals surface area (Å²) in [6, 6.07) is 9.09. The van der Waals surface area contributed by atoms with Crippen molar-refractivity contribution in [1.82, 2.24) is 9.78 Å². The van der Waals surface area contributed by atoms with Gasteiger partial charge in [-0.15, -0.1) is 0 Å². The molecule has 3 aromatic rings. The first-order chi connectivity index (χ1) is 14.9. The monoisotopic (exact) mass is 429 g/mol. The maximum atomic E-state index is 13.6. The summed E-state index contributed by atoms with van der Waals surface area (Å²) in [4.78, 5) is 37.3. The van der Waals surface area contributed by atoms with E-state index in [0.29, 0.717) is 17.3 Å². The lowest BCUT2D eigenvalue weighted by molar-refractivity contribution is -0.119. The Labute approximate surface area is 176 Å². The summed E-state index contributed by atoms with van der Waals surface area (Å²) >= 11 is 0. The van der Waals surface area contributed by atoms with Crippen molar-refractivity contribution in [3.05, 3.63) is 70.1 Å². The fraction of sp³-hybridized carbons (Fsp3) is 0.273. The van der Waals surface area contributed by atoms with Crippen LogP contribution in [0.2, 0.25) is 0 Å². The van der Waals surface area contributed by atoms with Crippen LogP contribution in [0.4, 0.5) is 14.5 Å². The lowest BCUT2D eigenvalue weighted by Gasteiger charge is -2.11. The van der Waals surface area contributed by atoms with Crippen LogP contribution in [-0.4, -0.2) is 28.3 Å². The number of hydrogen-bond donors (Lipinski definition) is 1. The molecule has 1 N–H and O–H groups in total. The fourth-order valence-corrected chi connectivity index (χ4v) is 3.03. The molecule has 31 heavy (non-hydrogen) atoms. The van der Waals surface area contributed by atoms with Gasteiger partial charge in [0, 0.05) is 18.0 Å². The zero-order valence-corrected chi connectivity index (χ0v) is 16.9. The summed E-state index contributed by atoms with van der Waals surface area (Å²) in [5, 5.41) is 6.91. The van der Waals surface area contributed by atoms with Gasteiger partial charge >= 0.3 is 5.97 Å². The standard InChI is InChI=1S/C22H21F2N3O4/c1-2-3-6-11-27-21(29)16-8-5-4-7-15(16)20(26-27)22(30)31-13-19(28)25-18-12-14(23)9-10-17(18)24/h4-5,7-10,12H,2-3,6,11,13H2,1H3,(H,25,28). The van der Waals surface area contributed by atoms with E-state index < -0.39 is 30.1 Å². The van der Waals surface area contributed by atoms with Crippen LogP contribution in [-0.2, 0) is 16.1 Å². The molecule has 3 rings (SSSR count). The summed E-state index contributed by atoms with van der Waals surface area (Å²) in [6.45, 7) is 1.64. The zero-order chi connectivity index (χ0) is 22.4. The van der Waals surface area contributed by atoms with Crippen molar-refractivity contribution in [2.75, 3.05) is 11.9 Å². The van der Waals surface area contributed by atoms with Gasteiger partial charge in [-0.3, -0.25) is 9.59 Å². The topological polar surface area (TPSA) is 90.3 Å². The largest absolute Gasteiger partial charge is 0.451 e. The number of benzene rings is 2. The Bertz CT molecular complexity index is 1180. The number of carbonyl (C=O) groups is 2. The zero-order valence-electron chi connectivity index (χ0n) is 16.9. The van der Waals surface area contributed by atoms with Crippen LogP contribution in [0.25, 0.3) is 10.8 Å². The molecule has 0 aliphatic heterocycles. The van der Waals surface area contributed by atoms with E-state index in [-0.39, 0.29) is 16.9 Å². The van der Waals surface area contributed by atoms with E-state index in [1.54, 1.807) is 24.3 Å². The summed E-state index contributed by atoms with van der Waals surface area (Å²) < 4.78 is 33.1. The van der Waals surface area contributed by atoms with E-state index in [0.717, 1.165) is 37.5 Å². The van der Waals surface area contributed by atoms with Crippen LogP contribution in [0.15, 0.2) is 47.3 Å². The van der Waals surface area contributed by atoms with Gasteiger partial charge in [0.05, 0.1) is 11.1 Å². The third-order valence-corrected chi connectivity index (χ3v) is 4.57. The molecule has 0 atom stereocenters. The Morgan fingerprint density at radius 2 is 1.84 bits per heavy atom. The molecule has 2 aromatic carbocycles. The Morgan fingerprint density at radius 1 is 1.10 bits per heavy atom.